The molecule has 7 nitrogen and oxygen atoms in total. The summed E-state index contributed by atoms with van der Waals surface area (Å²) < 4.78 is 25.0. The van der Waals surface area contributed by atoms with E-state index in [1.807, 2.05) is 6.07 Å². The fraction of sp³-hybridized carbons (Fsp3) is 0.208. The van der Waals surface area contributed by atoms with Crippen LogP contribution in [0, 0.1) is 17.1 Å². The lowest BCUT2D eigenvalue weighted by molar-refractivity contribution is 0.146. The van der Waals surface area contributed by atoms with Crippen molar-refractivity contribution in [1.82, 2.24) is 10.3 Å². The number of hydrogen-bond acceptors (Lipinski definition) is 7. The number of rotatable bonds is 8. The number of carbonyl (C=O) groups excluding carboxylic acids is 1. The van der Waals surface area contributed by atoms with Crippen molar-refractivity contribution in [2.75, 3.05) is 25.6 Å². The van der Waals surface area contributed by atoms with Crippen molar-refractivity contribution in [3.8, 4) is 11.8 Å². The molecule has 1 aliphatic heterocycles. The molecule has 2 heterocycles. The number of anilines is 1. The molecule has 1 atom stereocenters. The van der Waals surface area contributed by atoms with Crippen molar-refractivity contribution in [1.29, 1.82) is 5.26 Å². The van der Waals surface area contributed by atoms with Gasteiger partial charge in [0.1, 0.15) is 24.2 Å². The number of urea groups is 1. The molecule has 0 radical (unpaired) electrons. The van der Waals surface area contributed by atoms with E-state index in [0.717, 1.165) is 20.0 Å². The molecule has 0 saturated heterocycles. The third-order valence-corrected chi connectivity index (χ3v) is 7.29. The van der Waals surface area contributed by atoms with Gasteiger partial charge >= 0.3 is 6.03 Å². The Balaban J connectivity index is 1.41. The quantitative estimate of drug-likeness (QED) is 0.398. The molecular weight excluding hydrogens is 475 g/mol. The zero-order valence-corrected chi connectivity index (χ0v) is 19.8. The van der Waals surface area contributed by atoms with E-state index in [-0.39, 0.29) is 5.37 Å². The number of ether oxygens (including phenoxy) is 2. The van der Waals surface area contributed by atoms with E-state index >= 15 is 0 Å². The fourth-order valence-corrected chi connectivity index (χ4v) is 5.70. The number of carbonyl (C=O) groups is 1. The first-order valence-corrected chi connectivity index (χ1v) is 12.1. The first-order chi connectivity index (χ1) is 16.6. The van der Waals surface area contributed by atoms with E-state index in [4.69, 9.17) is 9.47 Å². The second kappa shape index (κ2) is 11.2. The van der Waals surface area contributed by atoms with Crippen LogP contribution < -0.4 is 15.4 Å². The van der Waals surface area contributed by atoms with Gasteiger partial charge in [-0.15, -0.1) is 0 Å². The standard InChI is InChI=1S/C24H21FN4O3S2/c1-31-9-10-32-20-13-19-18(11-15(20)14-26)21(7-8-27-19)33-23-6-5-22(34-23)29-24(30)28-17-4-2-3-16(25)12-17/h2-4,6-8,11-13,22H,5,9-10H2,1H3,(H2,28,29,30). The summed E-state index contributed by atoms with van der Waals surface area (Å²) in [5.74, 6) is 0.0657. The second-order valence-corrected chi connectivity index (χ2v) is 9.79. The highest BCUT2D eigenvalue weighted by Gasteiger charge is 2.22. The van der Waals surface area contributed by atoms with Crippen LogP contribution in [0.15, 0.2) is 63.9 Å². The number of nitrogens with one attached hydrogen (secondary N) is 2. The Morgan fingerprint density at radius 2 is 2.21 bits per heavy atom. The van der Waals surface area contributed by atoms with Gasteiger partial charge in [0.2, 0.25) is 0 Å². The van der Waals surface area contributed by atoms with Crippen molar-refractivity contribution in [2.24, 2.45) is 0 Å². The molecule has 0 bridgehead atoms. The SMILES string of the molecule is COCCOc1cc2nccc(SC3=CCC(NC(=O)Nc4cccc(F)c4)S3)c2cc1C#N. The number of nitrogens with zero attached hydrogens (tertiary/aromatic N) is 2. The van der Waals surface area contributed by atoms with E-state index in [2.05, 4.69) is 27.8 Å². The number of amides is 2. The summed E-state index contributed by atoms with van der Waals surface area (Å²) >= 11 is 3.09. The number of pyridine rings is 1. The molecule has 1 unspecified atom stereocenters. The molecular formula is C24H21FN4O3S2. The molecule has 3 aromatic rings. The number of thioether (sulfide) groups is 2. The smallest absolute Gasteiger partial charge is 0.320 e. The van der Waals surface area contributed by atoms with Crippen molar-refractivity contribution in [3.63, 3.8) is 0 Å². The monoisotopic (exact) mass is 496 g/mol. The van der Waals surface area contributed by atoms with E-state index in [9.17, 15) is 14.4 Å². The first kappa shape index (κ1) is 23.9. The summed E-state index contributed by atoms with van der Waals surface area (Å²) in [5, 5.41) is 15.8. The van der Waals surface area contributed by atoms with E-state index in [1.54, 1.807) is 43.3 Å². The number of aromatic nitrogens is 1. The van der Waals surface area contributed by atoms with Gasteiger partial charge in [0.15, 0.2) is 0 Å². The predicted octanol–water partition coefficient (Wildman–Crippen LogP) is 5.49. The Bertz CT molecular complexity index is 1280. The van der Waals surface area contributed by atoms with Crippen LogP contribution in [-0.2, 0) is 4.74 Å². The molecule has 0 fully saturated rings. The number of hydrogen-bond donors (Lipinski definition) is 2. The van der Waals surface area contributed by atoms with Gasteiger partial charge in [-0.05, 0) is 36.8 Å². The zero-order valence-electron chi connectivity index (χ0n) is 18.2. The Morgan fingerprint density at radius 1 is 1.32 bits per heavy atom. The van der Waals surface area contributed by atoms with Crippen LogP contribution in [0.5, 0.6) is 5.75 Å². The lowest BCUT2D eigenvalue weighted by atomic mass is 10.1. The van der Waals surface area contributed by atoms with Crippen LogP contribution in [0.1, 0.15) is 12.0 Å². The van der Waals surface area contributed by atoms with Crippen molar-refractivity contribution < 1.29 is 18.7 Å². The summed E-state index contributed by atoms with van der Waals surface area (Å²) in [5.41, 5.74) is 1.55. The Labute approximate surface area is 204 Å². The number of benzene rings is 2. The van der Waals surface area contributed by atoms with Gasteiger partial charge in [-0.3, -0.25) is 4.98 Å². The van der Waals surface area contributed by atoms with Crippen LogP contribution in [0.4, 0.5) is 14.9 Å². The topological polar surface area (TPSA) is 96.3 Å². The zero-order chi connectivity index (χ0) is 23.9. The first-order valence-electron chi connectivity index (χ1n) is 10.4. The summed E-state index contributed by atoms with van der Waals surface area (Å²) in [6, 6.07) is 13.0. The lowest BCUT2D eigenvalue weighted by Gasteiger charge is -2.14. The third kappa shape index (κ3) is 5.99. The van der Waals surface area contributed by atoms with Crippen LogP contribution >= 0.6 is 23.5 Å². The maximum atomic E-state index is 13.3. The summed E-state index contributed by atoms with van der Waals surface area (Å²) in [4.78, 5) is 17.7. The molecule has 2 N–H and O–H groups in total. The summed E-state index contributed by atoms with van der Waals surface area (Å²) in [6.07, 6.45) is 4.44. The van der Waals surface area contributed by atoms with Crippen molar-refractivity contribution in [2.45, 2.75) is 16.7 Å². The van der Waals surface area contributed by atoms with Crippen molar-refractivity contribution >= 4 is 46.1 Å². The van der Waals surface area contributed by atoms with E-state index in [0.29, 0.717) is 36.6 Å². The molecule has 34 heavy (non-hydrogen) atoms. The Kier molecular flexibility index (Phi) is 7.90. The fourth-order valence-electron chi connectivity index (χ4n) is 3.26. The molecule has 0 aliphatic carbocycles. The van der Waals surface area contributed by atoms with Crippen LogP contribution in [0.25, 0.3) is 10.9 Å². The average molecular weight is 497 g/mol. The highest BCUT2D eigenvalue weighted by Crippen LogP contribution is 2.44. The molecule has 1 aromatic heterocycles. The summed E-state index contributed by atoms with van der Waals surface area (Å²) in [6.45, 7) is 0.767. The van der Waals surface area contributed by atoms with Gasteiger partial charge in [0.05, 0.1) is 23.1 Å². The van der Waals surface area contributed by atoms with Crippen LogP contribution in [0.2, 0.25) is 0 Å². The molecule has 2 amide bonds. The maximum absolute atomic E-state index is 13.3. The predicted molar refractivity (Wildman–Crippen MR) is 132 cm³/mol. The number of halogens is 1. The molecule has 10 heteroatoms. The summed E-state index contributed by atoms with van der Waals surface area (Å²) in [7, 11) is 1.59. The number of methoxy groups -OCH3 is 1. The van der Waals surface area contributed by atoms with E-state index in [1.165, 1.54) is 30.0 Å². The lowest BCUT2D eigenvalue weighted by Crippen LogP contribution is -2.34. The number of fused-ring (bicyclic) bond motifs is 1. The minimum Gasteiger partial charge on any atom is -0.490 e. The molecule has 2 aromatic carbocycles. The second-order valence-electron chi connectivity index (χ2n) is 7.20. The van der Waals surface area contributed by atoms with Crippen LogP contribution in [-0.4, -0.2) is 36.7 Å². The van der Waals surface area contributed by atoms with Gasteiger partial charge in [0.25, 0.3) is 0 Å². The van der Waals surface area contributed by atoms with Gasteiger partial charge in [-0.25, -0.2) is 9.18 Å². The van der Waals surface area contributed by atoms with E-state index < -0.39 is 11.8 Å². The maximum Gasteiger partial charge on any atom is 0.320 e. The number of nitriles is 1. The molecule has 174 valence electrons. The van der Waals surface area contributed by atoms with Gasteiger partial charge in [-0.2, -0.15) is 5.26 Å². The normalized spacial score (nSPS) is 15.0. The Morgan fingerprint density at radius 3 is 3.00 bits per heavy atom. The highest BCUT2D eigenvalue weighted by atomic mass is 32.2. The van der Waals surface area contributed by atoms with Crippen molar-refractivity contribution in [3.05, 3.63) is 70.4 Å². The molecule has 4 rings (SSSR count). The molecule has 0 saturated carbocycles. The Hall–Kier alpha value is -3.26. The van der Waals surface area contributed by atoms with Gasteiger partial charge in [-0.1, -0.05) is 35.7 Å². The van der Waals surface area contributed by atoms with Gasteiger partial charge < -0.3 is 20.1 Å². The minimum atomic E-state index is -0.411. The van der Waals surface area contributed by atoms with Crippen LogP contribution in [0.3, 0.4) is 0 Å². The highest BCUT2D eigenvalue weighted by molar-refractivity contribution is 8.22. The molecule has 0 spiro atoms. The largest absolute Gasteiger partial charge is 0.490 e. The van der Waals surface area contributed by atoms with Gasteiger partial charge in [0, 0.05) is 39.6 Å². The molecule has 1 aliphatic rings. The minimum absolute atomic E-state index is 0.139. The average Bonchev–Trinajstić information content (AvgIpc) is 3.25. The third-order valence-electron chi connectivity index (χ3n) is 4.81.